The van der Waals surface area contributed by atoms with Crippen molar-refractivity contribution in [2.45, 2.75) is 20.0 Å². The van der Waals surface area contributed by atoms with E-state index < -0.39 is 17.8 Å². The summed E-state index contributed by atoms with van der Waals surface area (Å²) in [5.41, 5.74) is 5.17. The number of nitrogens with one attached hydrogen (secondary N) is 2. The second-order valence-corrected chi connectivity index (χ2v) is 7.99. The highest BCUT2D eigenvalue weighted by molar-refractivity contribution is 5.74. The van der Waals surface area contributed by atoms with E-state index in [2.05, 4.69) is 35.6 Å². The quantitative estimate of drug-likeness (QED) is 0.307. The maximum absolute atomic E-state index is 14.5. The molecule has 5 rings (SSSR count). The summed E-state index contributed by atoms with van der Waals surface area (Å²) in [5.74, 6) is -1.36. The molecule has 3 aromatic heterocycles. The topological polar surface area (TPSA) is 97.2 Å². The van der Waals surface area contributed by atoms with E-state index in [-0.39, 0.29) is 5.95 Å². The van der Waals surface area contributed by atoms with Gasteiger partial charge in [0.05, 0.1) is 17.1 Å². The molecule has 0 aliphatic rings. The van der Waals surface area contributed by atoms with Crippen LogP contribution in [-0.4, -0.2) is 34.9 Å². The third-order valence-electron chi connectivity index (χ3n) is 5.40. The van der Waals surface area contributed by atoms with Crippen LogP contribution in [0.15, 0.2) is 61.1 Å². The second-order valence-electron chi connectivity index (χ2n) is 7.99. The smallest absolute Gasteiger partial charge is 0.324 e. The standard InChI is InChI=1S/C24H18F4N8/c1-13-21(14(2)34-33-13)16-9-15(10-17(25)11-16)20-7-8-29-23(32-20)31-18-3-5-19(6-4-18)36-12-30-22(35-36)24(26,27)28/h3-12H,1-2H3,(H,33,34)(H,29,31,32). The summed E-state index contributed by atoms with van der Waals surface area (Å²) in [6.45, 7) is 3.72. The van der Waals surface area contributed by atoms with Crippen molar-refractivity contribution in [1.82, 2.24) is 34.9 Å². The molecule has 3 heterocycles. The van der Waals surface area contributed by atoms with Crippen molar-refractivity contribution < 1.29 is 17.6 Å². The number of rotatable bonds is 5. The lowest BCUT2D eigenvalue weighted by atomic mass is 10.00. The van der Waals surface area contributed by atoms with E-state index in [0.717, 1.165) is 28.0 Å². The van der Waals surface area contributed by atoms with Crippen LogP contribution < -0.4 is 5.32 Å². The molecular weight excluding hydrogens is 476 g/mol. The molecule has 0 saturated heterocycles. The summed E-state index contributed by atoms with van der Waals surface area (Å²) < 4.78 is 53.8. The van der Waals surface area contributed by atoms with Gasteiger partial charge in [-0.2, -0.15) is 18.3 Å². The summed E-state index contributed by atoms with van der Waals surface area (Å²) in [6, 6.07) is 12.8. The fourth-order valence-electron chi connectivity index (χ4n) is 3.78. The van der Waals surface area contributed by atoms with E-state index in [1.807, 2.05) is 19.9 Å². The van der Waals surface area contributed by atoms with Gasteiger partial charge in [-0.1, -0.05) is 0 Å². The van der Waals surface area contributed by atoms with E-state index in [4.69, 9.17) is 0 Å². The summed E-state index contributed by atoms with van der Waals surface area (Å²) in [6.07, 6.45) is -2.07. The summed E-state index contributed by atoms with van der Waals surface area (Å²) in [4.78, 5) is 12.0. The minimum Gasteiger partial charge on any atom is -0.324 e. The lowest BCUT2D eigenvalue weighted by Crippen LogP contribution is -2.08. The first-order valence-corrected chi connectivity index (χ1v) is 10.7. The molecule has 5 aromatic rings. The number of H-pyrrole nitrogens is 1. The zero-order chi connectivity index (χ0) is 25.4. The van der Waals surface area contributed by atoms with Gasteiger partial charge in [0.2, 0.25) is 5.95 Å². The Morgan fingerprint density at radius 1 is 0.944 bits per heavy atom. The molecule has 0 fully saturated rings. The Morgan fingerprint density at radius 2 is 1.69 bits per heavy atom. The van der Waals surface area contributed by atoms with Crippen LogP contribution >= 0.6 is 0 Å². The fraction of sp³-hybridized carbons (Fsp3) is 0.125. The van der Waals surface area contributed by atoms with Gasteiger partial charge in [0, 0.05) is 28.7 Å². The Kier molecular flexibility index (Phi) is 5.71. The predicted octanol–water partition coefficient (Wildman–Crippen LogP) is 5.63. The average molecular weight is 494 g/mol. The first kappa shape index (κ1) is 23.1. The molecule has 0 amide bonds. The average Bonchev–Trinajstić information content (AvgIpc) is 3.46. The number of anilines is 2. The molecule has 0 spiro atoms. The van der Waals surface area contributed by atoms with Crippen LogP contribution in [0.3, 0.4) is 0 Å². The van der Waals surface area contributed by atoms with Gasteiger partial charge in [0.1, 0.15) is 12.1 Å². The normalized spacial score (nSPS) is 11.6. The van der Waals surface area contributed by atoms with Crippen LogP contribution in [0.25, 0.3) is 28.1 Å². The molecule has 0 bridgehead atoms. The highest BCUT2D eigenvalue weighted by Crippen LogP contribution is 2.31. The number of benzene rings is 2. The van der Waals surface area contributed by atoms with E-state index in [0.29, 0.717) is 28.2 Å². The number of hydrogen-bond donors (Lipinski definition) is 2. The number of aryl methyl sites for hydroxylation is 2. The molecule has 2 aromatic carbocycles. The Bertz CT molecular complexity index is 1520. The number of hydrogen-bond acceptors (Lipinski definition) is 6. The number of halogens is 4. The molecule has 2 N–H and O–H groups in total. The third kappa shape index (κ3) is 4.65. The van der Waals surface area contributed by atoms with Crippen molar-refractivity contribution in [3.63, 3.8) is 0 Å². The van der Waals surface area contributed by atoms with Gasteiger partial charge in [0.15, 0.2) is 0 Å². The van der Waals surface area contributed by atoms with Crippen molar-refractivity contribution in [3.05, 3.63) is 84.1 Å². The summed E-state index contributed by atoms with van der Waals surface area (Å²) >= 11 is 0. The van der Waals surface area contributed by atoms with Crippen LogP contribution in [-0.2, 0) is 6.18 Å². The summed E-state index contributed by atoms with van der Waals surface area (Å²) in [7, 11) is 0. The molecule has 0 aliphatic heterocycles. The van der Waals surface area contributed by atoms with E-state index in [1.165, 1.54) is 12.1 Å². The number of nitrogens with zero attached hydrogens (tertiary/aromatic N) is 6. The minimum atomic E-state index is -4.62. The fourth-order valence-corrected chi connectivity index (χ4v) is 3.78. The Balaban J connectivity index is 1.38. The Hall–Kier alpha value is -4.61. The highest BCUT2D eigenvalue weighted by atomic mass is 19.4. The molecular formula is C24H18F4N8. The SMILES string of the molecule is Cc1n[nH]c(C)c1-c1cc(F)cc(-c2ccnc(Nc3ccc(-n4cnc(C(F)(F)F)n4)cc3)n2)c1. The summed E-state index contributed by atoms with van der Waals surface area (Å²) in [5, 5.41) is 13.6. The third-order valence-corrected chi connectivity index (χ3v) is 5.40. The monoisotopic (exact) mass is 494 g/mol. The predicted molar refractivity (Wildman–Crippen MR) is 124 cm³/mol. The molecule has 182 valence electrons. The molecule has 0 unspecified atom stereocenters. The van der Waals surface area contributed by atoms with Crippen molar-refractivity contribution in [3.8, 4) is 28.1 Å². The van der Waals surface area contributed by atoms with Crippen LogP contribution in [0.1, 0.15) is 17.2 Å². The largest absolute Gasteiger partial charge is 0.453 e. The molecule has 36 heavy (non-hydrogen) atoms. The van der Waals surface area contributed by atoms with Crippen LogP contribution in [0.4, 0.5) is 29.2 Å². The van der Waals surface area contributed by atoms with Crippen LogP contribution in [0.5, 0.6) is 0 Å². The Labute approximate surface area is 202 Å². The maximum atomic E-state index is 14.5. The number of aromatic amines is 1. The van der Waals surface area contributed by atoms with Gasteiger partial charge < -0.3 is 5.32 Å². The Morgan fingerprint density at radius 3 is 2.36 bits per heavy atom. The van der Waals surface area contributed by atoms with Crippen molar-refractivity contribution in [2.75, 3.05) is 5.32 Å². The number of aromatic nitrogens is 7. The lowest BCUT2D eigenvalue weighted by Gasteiger charge is -2.09. The minimum absolute atomic E-state index is 0.266. The molecule has 12 heteroatoms. The zero-order valence-electron chi connectivity index (χ0n) is 19.0. The van der Waals surface area contributed by atoms with Gasteiger partial charge >= 0.3 is 6.18 Å². The number of alkyl halides is 3. The second kappa shape index (κ2) is 8.87. The molecule has 0 aliphatic carbocycles. The maximum Gasteiger partial charge on any atom is 0.453 e. The van der Waals surface area contributed by atoms with Crippen LogP contribution in [0, 0.1) is 19.7 Å². The first-order valence-electron chi connectivity index (χ1n) is 10.7. The van der Waals surface area contributed by atoms with Crippen molar-refractivity contribution in [1.29, 1.82) is 0 Å². The van der Waals surface area contributed by atoms with Gasteiger partial charge in [-0.25, -0.2) is 24.0 Å². The van der Waals surface area contributed by atoms with E-state index in [1.54, 1.807) is 36.5 Å². The zero-order valence-corrected chi connectivity index (χ0v) is 19.0. The molecule has 8 nitrogen and oxygen atoms in total. The van der Waals surface area contributed by atoms with Gasteiger partial charge in [-0.15, -0.1) is 5.10 Å². The van der Waals surface area contributed by atoms with E-state index >= 15 is 0 Å². The van der Waals surface area contributed by atoms with Gasteiger partial charge in [-0.05, 0) is 67.9 Å². The van der Waals surface area contributed by atoms with E-state index in [9.17, 15) is 17.6 Å². The highest BCUT2D eigenvalue weighted by Gasteiger charge is 2.35. The van der Waals surface area contributed by atoms with Gasteiger partial charge in [-0.3, -0.25) is 5.10 Å². The van der Waals surface area contributed by atoms with Crippen LogP contribution in [0.2, 0.25) is 0 Å². The lowest BCUT2D eigenvalue weighted by molar-refractivity contribution is -0.144. The molecule has 0 atom stereocenters. The van der Waals surface area contributed by atoms with Gasteiger partial charge in [0.25, 0.3) is 5.82 Å². The van der Waals surface area contributed by atoms with Crippen molar-refractivity contribution >= 4 is 11.6 Å². The van der Waals surface area contributed by atoms with Crippen molar-refractivity contribution in [2.24, 2.45) is 0 Å². The molecule has 0 saturated carbocycles. The first-order chi connectivity index (χ1) is 17.2. The molecule has 0 radical (unpaired) electrons.